The molecule has 4 nitrogen and oxygen atoms in total. The van der Waals surface area contributed by atoms with E-state index in [1.165, 1.54) is 11.8 Å². The molecule has 0 saturated heterocycles. The Balaban J connectivity index is 1.57. The van der Waals surface area contributed by atoms with E-state index in [4.69, 9.17) is 9.52 Å². The number of furan rings is 1. The zero-order chi connectivity index (χ0) is 21.4. The Morgan fingerprint density at radius 2 is 1.74 bits per heavy atom. The predicted molar refractivity (Wildman–Crippen MR) is 129 cm³/mol. The van der Waals surface area contributed by atoms with Crippen molar-refractivity contribution in [2.45, 2.75) is 25.3 Å². The van der Waals surface area contributed by atoms with Crippen molar-refractivity contribution in [2.24, 2.45) is 11.0 Å². The number of fused-ring (bicyclic) bond motifs is 1. The lowest BCUT2D eigenvalue weighted by atomic mass is 9.77. The van der Waals surface area contributed by atoms with Gasteiger partial charge in [-0.15, -0.1) is 0 Å². The van der Waals surface area contributed by atoms with Gasteiger partial charge in [0.1, 0.15) is 0 Å². The molecule has 0 radical (unpaired) electrons. The molecule has 1 amide bonds. The van der Waals surface area contributed by atoms with Crippen LogP contribution < -0.4 is 0 Å². The Bertz CT molecular complexity index is 1150. The maximum Gasteiger partial charge on any atom is 0.310 e. The molecule has 156 valence electrons. The van der Waals surface area contributed by atoms with Crippen LogP contribution in [0, 0.1) is 5.92 Å². The molecule has 0 spiro atoms. The van der Waals surface area contributed by atoms with Crippen molar-refractivity contribution in [2.75, 3.05) is 0 Å². The number of allylic oxidation sites excluding steroid dienone is 1. The van der Waals surface area contributed by atoms with Gasteiger partial charge in [0, 0.05) is 14.9 Å². The van der Waals surface area contributed by atoms with Gasteiger partial charge in [-0.05, 0) is 78.4 Å². The molecule has 2 atom stereocenters. The molecule has 1 saturated carbocycles. The van der Waals surface area contributed by atoms with Crippen LogP contribution in [0.4, 0.5) is 0 Å². The van der Waals surface area contributed by atoms with E-state index >= 15 is 0 Å². The Kier molecular flexibility index (Phi) is 5.67. The van der Waals surface area contributed by atoms with Crippen LogP contribution >= 0.6 is 31.9 Å². The van der Waals surface area contributed by atoms with E-state index in [2.05, 4.69) is 62.2 Å². The van der Waals surface area contributed by atoms with Crippen molar-refractivity contribution in [3.63, 3.8) is 0 Å². The normalized spacial score (nSPS) is 21.8. The lowest BCUT2D eigenvalue weighted by Gasteiger charge is -2.29. The highest BCUT2D eigenvalue weighted by molar-refractivity contribution is 9.10. The number of halogens is 2. The summed E-state index contributed by atoms with van der Waals surface area (Å²) >= 11 is 7.01. The van der Waals surface area contributed by atoms with Crippen molar-refractivity contribution in [1.29, 1.82) is 0 Å². The summed E-state index contributed by atoms with van der Waals surface area (Å²) in [5.41, 5.74) is 4.44. The Labute approximate surface area is 197 Å². The molecular weight excluding hydrogens is 520 g/mol. The van der Waals surface area contributed by atoms with Gasteiger partial charge in [-0.3, -0.25) is 4.79 Å². The first-order valence-corrected chi connectivity index (χ1v) is 11.9. The molecule has 0 N–H and O–H groups in total. The maximum atomic E-state index is 13.3. The minimum absolute atomic E-state index is 0.144. The quantitative estimate of drug-likeness (QED) is 0.352. The third-order valence-corrected chi connectivity index (χ3v) is 6.92. The first kappa shape index (κ1) is 20.5. The second-order valence-corrected chi connectivity index (χ2v) is 9.66. The number of rotatable bonds is 3. The molecule has 2 aliphatic rings. The highest BCUT2D eigenvalue weighted by atomic mass is 79.9. The topological polar surface area (TPSA) is 45.8 Å². The molecule has 6 heteroatoms. The summed E-state index contributed by atoms with van der Waals surface area (Å²) in [5.74, 6) is 0.266. The molecule has 1 aliphatic carbocycles. The van der Waals surface area contributed by atoms with Gasteiger partial charge in [0.25, 0.3) is 0 Å². The molecule has 2 heterocycles. The summed E-state index contributed by atoms with van der Waals surface area (Å²) in [6, 6.07) is 19.7. The third kappa shape index (κ3) is 4.06. The Morgan fingerprint density at radius 3 is 2.42 bits per heavy atom. The van der Waals surface area contributed by atoms with Crippen molar-refractivity contribution in [3.05, 3.63) is 98.3 Å². The molecule has 1 aromatic heterocycles. The SMILES string of the molecule is O=C(c1ccco1)N1N=C2/C(=C\c3ccc(Br)cc3)CCC[C@@H]2[C@H]1c1ccc(Br)cc1. The van der Waals surface area contributed by atoms with Crippen LogP contribution in [0.15, 0.2) is 91.0 Å². The number of hydrogen-bond acceptors (Lipinski definition) is 3. The summed E-state index contributed by atoms with van der Waals surface area (Å²) in [6.45, 7) is 0. The smallest absolute Gasteiger partial charge is 0.310 e. The molecule has 0 unspecified atom stereocenters. The van der Waals surface area contributed by atoms with Gasteiger partial charge < -0.3 is 4.42 Å². The van der Waals surface area contributed by atoms with Crippen molar-refractivity contribution in [3.8, 4) is 0 Å². The molecular formula is C25H20Br2N2O2. The van der Waals surface area contributed by atoms with E-state index in [0.29, 0.717) is 5.76 Å². The Morgan fingerprint density at radius 1 is 1.03 bits per heavy atom. The van der Waals surface area contributed by atoms with E-state index < -0.39 is 0 Å². The molecule has 2 aromatic carbocycles. The number of hydrazone groups is 1. The summed E-state index contributed by atoms with van der Waals surface area (Å²) in [4.78, 5) is 13.3. The number of carbonyl (C=O) groups is 1. The van der Waals surface area contributed by atoms with E-state index in [0.717, 1.165) is 45.0 Å². The average molecular weight is 540 g/mol. The third-order valence-electron chi connectivity index (χ3n) is 5.86. The number of carbonyl (C=O) groups excluding carboxylic acids is 1. The summed E-state index contributed by atoms with van der Waals surface area (Å²) in [5, 5.41) is 6.52. The maximum absolute atomic E-state index is 13.3. The minimum Gasteiger partial charge on any atom is -0.459 e. The van der Waals surface area contributed by atoms with Gasteiger partial charge in [-0.25, -0.2) is 5.01 Å². The van der Waals surface area contributed by atoms with Crippen LogP contribution in [-0.4, -0.2) is 16.6 Å². The van der Waals surface area contributed by atoms with Crippen molar-refractivity contribution < 1.29 is 9.21 Å². The summed E-state index contributed by atoms with van der Waals surface area (Å²) in [7, 11) is 0. The van der Waals surface area contributed by atoms with Gasteiger partial charge in [-0.1, -0.05) is 56.1 Å². The number of nitrogens with zero attached hydrogens (tertiary/aromatic N) is 2. The zero-order valence-corrected chi connectivity index (χ0v) is 19.8. The lowest BCUT2D eigenvalue weighted by molar-refractivity contribution is 0.0648. The van der Waals surface area contributed by atoms with Gasteiger partial charge in [-0.2, -0.15) is 5.10 Å². The second kappa shape index (κ2) is 8.60. The summed E-state index contributed by atoms with van der Waals surface area (Å²) in [6.07, 6.45) is 6.76. The lowest BCUT2D eigenvalue weighted by Crippen LogP contribution is -2.31. The molecule has 31 heavy (non-hydrogen) atoms. The van der Waals surface area contributed by atoms with Crippen LogP contribution in [0.2, 0.25) is 0 Å². The largest absolute Gasteiger partial charge is 0.459 e. The van der Waals surface area contributed by atoms with Crippen LogP contribution in [0.25, 0.3) is 6.08 Å². The second-order valence-electron chi connectivity index (χ2n) is 7.83. The fraction of sp³-hybridized carbons (Fsp3) is 0.200. The molecule has 1 fully saturated rings. The molecule has 0 bridgehead atoms. The summed E-state index contributed by atoms with van der Waals surface area (Å²) < 4.78 is 7.48. The number of benzene rings is 2. The first-order valence-electron chi connectivity index (χ1n) is 10.3. The van der Waals surface area contributed by atoms with Crippen LogP contribution in [0.3, 0.4) is 0 Å². The Hall–Kier alpha value is -2.44. The van der Waals surface area contributed by atoms with Gasteiger partial charge in [0.05, 0.1) is 18.0 Å². The van der Waals surface area contributed by atoms with Crippen LogP contribution in [-0.2, 0) is 0 Å². The predicted octanol–water partition coefficient (Wildman–Crippen LogP) is 7.24. The minimum atomic E-state index is -0.206. The fourth-order valence-corrected chi connectivity index (χ4v) is 4.96. The van der Waals surface area contributed by atoms with E-state index in [9.17, 15) is 4.79 Å². The molecule has 5 rings (SSSR count). The van der Waals surface area contributed by atoms with Crippen molar-refractivity contribution >= 4 is 49.6 Å². The average Bonchev–Trinajstić information content (AvgIpc) is 3.44. The van der Waals surface area contributed by atoms with Crippen LogP contribution in [0.1, 0.15) is 47.0 Å². The standard InChI is InChI=1S/C25H20Br2N2O2/c26-19-10-6-16(7-11-19)15-18-3-1-4-21-23(18)28-29(25(30)22-5-2-14-31-22)24(21)17-8-12-20(27)13-9-17/h2,5-15,21,24H,1,3-4H2/b18-15-/t21-,24+/m0/s1. The highest BCUT2D eigenvalue weighted by Gasteiger charge is 2.44. The number of amides is 1. The van der Waals surface area contributed by atoms with Gasteiger partial charge in [0.2, 0.25) is 0 Å². The fourth-order valence-electron chi connectivity index (χ4n) is 4.43. The highest BCUT2D eigenvalue weighted by Crippen LogP contribution is 2.45. The van der Waals surface area contributed by atoms with E-state index in [-0.39, 0.29) is 17.9 Å². The first-order chi connectivity index (χ1) is 15.1. The molecule has 1 aliphatic heterocycles. The van der Waals surface area contributed by atoms with Crippen molar-refractivity contribution in [1.82, 2.24) is 5.01 Å². The molecule has 3 aromatic rings. The van der Waals surface area contributed by atoms with E-state index in [1.54, 1.807) is 17.1 Å². The zero-order valence-electron chi connectivity index (χ0n) is 16.7. The van der Waals surface area contributed by atoms with Crippen LogP contribution in [0.5, 0.6) is 0 Å². The van der Waals surface area contributed by atoms with Gasteiger partial charge in [0.15, 0.2) is 5.76 Å². The number of hydrogen-bond donors (Lipinski definition) is 0. The monoisotopic (exact) mass is 538 g/mol. The van der Waals surface area contributed by atoms with E-state index in [1.807, 2.05) is 24.3 Å². The van der Waals surface area contributed by atoms with Gasteiger partial charge >= 0.3 is 5.91 Å².